The summed E-state index contributed by atoms with van der Waals surface area (Å²) in [4.78, 5) is 0. The highest BCUT2D eigenvalue weighted by atomic mass is 31.2. The molecule has 0 aromatic heterocycles. The topological polar surface area (TPSA) is 44.8 Å². The molecule has 0 amide bonds. The van der Waals surface area contributed by atoms with Gasteiger partial charge in [0.1, 0.15) is 18.0 Å². The maximum Gasteiger partial charge on any atom is 0.531 e. The minimum absolute atomic E-state index is 0.133. The minimum Gasteiger partial charge on any atom is -0.404 e. The lowest BCUT2D eigenvalue weighted by atomic mass is 10.0. The van der Waals surface area contributed by atoms with Crippen molar-refractivity contribution in [1.82, 2.24) is 0 Å². The molecule has 0 N–H and O–H groups in total. The van der Waals surface area contributed by atoms with Crippen molar-refractivity contribution in [2.45, 2.75) is 55.7 Å². The summed E-state index contributed by atoms with van der Waals surface area (Å²) >= 11 is 0. The maximum atomic E-state index is 13.7. The number of hydrogen-bond donors (Lipinski definition) is 0. The van der Waals surface area contributed by atoms with Gasteiger partial charge in [0, 0.05) is 0 Å². The lowest BCUT2D eigenvalue weighted by Crippen LogP contribution is -2.62. The van der Waals surface area contributed by atoms with E-state index in [0.717, 1.165) is 24.3 Å². The van der Waals surface area contributed by atoms with Gasteiger partial charge in [-0.1, -0.05) is 18.2 Å². The van der Waals surface area contributed by atoms with Crippen LogP contribution in [0.25, 0.3) is 0 Å². The summed E-state index contributed by atoms with van der Waals surface area (Å²) in [6.07, 6.45) is -11.7. The van der Waals surface area contributed by atoms with Crippen molar-refractivity contribution in [3.63, 3.8) is 0 Å². The van der Waals surface area contributed by atoms with Crippen LogP contribution < -0.4 is 4.52 Å². The Morgan fingerprint density at radius 1 is 0.824 bits per heavy atom. The van der Waals surface area contributed by atoms with E-state index in [2.05, 4.69) is 13.6 Å². The van der Waals surface area contributed by atoms with Crippen LogP contribution >= 0.6 is 7.82 Å². The Hall–Kier alpha value is -1.74. The molecule has 0 bridgehead atoms. The largest absolute Gasteiger partial charge is 0.531 e. The average molecular weight is 548 g/mol. The van der Waals surface area contributed by atoms with Gasteiger partial charge < -0.3 is 4.52 Å². The molecule has 1 aromatic rings. The zero-order valence-electron chi connectivity index (χ0n) is 16.7. The summed E-state index contributed by atoms with van der Waals surface area (Å²) in [6.45, 7) is -2.99. The number of hydrogen-bond acceptors (Lipinski definition) is 4. The van der Waals surface area contributed by atoms with Crippen molar-refractivity contribution >= 4 is 7.82 Å². The van der Waals surface area contributed by atoms with Crippen LogP contribution in [-0.4, -0.2) is 48.5 Å². The van der Waals surface area contributed by atoms with Crippen molar-refractivity contribution < 1.29 is 75.2 Å². The highest BCUT2D eigenvalue weighted by molar-refractivity contribution is 7.49. The average Bonchev–Trinajstić information content (AvgIpc) is 2.65. The Kier molecular flexibility index (Phi) is 8.35. The highest BCUT2D eigenvalue weighted by Crippen LogP contribution is 2.59. The molecule has 18 heteroatoms. The van der Waals surface area contributed by atoms with Gasteiger partial charge in [-0.2, -0.15) is 48.3 Å². The molecular formula is C16H14F13O4P. The monoisotopic (exact) mass is 548 g/mol. The number of benzene rings is 1. The molecular weight excluding hydrogens is 534 g/mol. The second-order valence-electron chi connectivity index (χ2n) is 7.00. The van der Waals surface area contributed by atoms with E-state index in [1.165, 1.54) is 6.07 Å². The van der Waals surface area contributed by atoms with E-state index in [9.17, 15) is 61.6 Å². The summed E-state index contributed by atoms with van der Waals surface area (Å²) in [5, 5.41) is 0. The highest BCUT2D eigenvalue weighted by Gasteiger charge is 2.82. The molecule has 0 unspecified atom stereocenters. The van der Waals surface area contributed by atoms with Gasteiger partial charge >= 0.3 is 44.1 Å². The van der Waals surface area contributed by atoms with Gasteiger partial charge in [-0.05, 0) is 26.0 Å². The third-order valence-electron chi connectivity index (χ3n) is 3.99. The Labute approximate surface area is 182 Å². The van der Waals surface area contributed by atoms with Crippen LogP contribution in [-0.2, 0) is 13.6 Å². The van der Waals surface area contributed by atoms with Crippen LogP contribution in [0, 0.1) is 0 Å². The number of para-hydroxylation sites is 1. The third kappa shape index (κ3) is 5.90. The molecule has 4 nitrogen and oxygen atoms in total. The van der Waals surface area contributed by atoms with Crippen LogP contribution in [0.2, 0.25) is 0 Å². The van der Waals surface area contributed by atoms with Crippen LogP contribution in [0.15, 0.2) is 30.3 Å². The van der Waals surface area contributed by atoms with E-state index in [1.54, 1.807) is 0 Å². The predicted molar refractivity (Wildman–Crippen MR) is 87.6 cm³/mol. The van der Waals surface area contributed by atoms with Crippen molar-refractivity contribution in [2.75, 3.05) is 6.61 Å². The molecule has 0 saturated heterocycles. The number of phosphoric ester groups is 1. The molecule has 0 aliphatic carbocycles. The van der Waals surface area contributed by atoms with Gasteiger partial charge in [-0.3, -0.25) is 9.05 Å². The molecule has 198 valence electrons. The second-order valence-corrected chi connectivity index (χ2v) is 8.52. The van der Waals surface area contributed by atoms with Gasteiger partial charge in [0.2, 0.25) is 0 Å². The fourth-order valence-electron chi connectivity index (χ4n) is 1.94. The van der Waals surface area contributed by atoms with Crippen molar-refractivity contribution in [3.05, 3.63) is 30.3 Å². The minimum atomic E-state index is -7.33. The Bertz CT molecular complexity index is 871. The molecule has 1 atom stereocenters. The molecule has 0 spiro atoms. The van der Waals surface area contributed by atoms with Crippen LogP contribution in [0.3, 0.4) is 0 Å². The molecule has 1 aromatic carbocycles. The number of halogens is 13. The Morgan fingerprint density at radius 3 is 1.71 bits per heavy atom. The molecule has 0 heterocycles. The molecule has 1 rings (SSSR count). The zero-order valence-corrected chi connectivity index (χ0v) is 17.6. The van der Waals surface area contributed by atoms with Crippen LogP contribution in [0.1, 0.15) is 13.8 Å². The van der Waals surface area contributed by atoms with E-state index in [1.807, 2.05) is 0 Å². The quantitative estimate of drug-likeness (QED) is 0.214. The third-order valence-corrected chi connectivity index (χ3v) is 5.55. The van der Waals surface area contributed by atoms with Crippen LogP contribution in [0.4, 0.5) is 57.1 Å². The smallest absolute Gasteiger partial charge is 0.404 e. The fraction of sp³-hybridized carbons (Fsp3) is 0.625. The fourth-order valence-corrected chi connectivity index (χ4v) is 3.47. The first-order valence-corrected chi connectivity index (χ1v) is 9.96. The van der Waals surface area contributed by atoms with E-state index in [4.69, 9.17) is 0 Å². The van der Waals surface area contributed by atoms with Gasteiger partial charge in [0.15, 0.2) is 0 Å². The molecule has 0 aliphatic heterocycles. The van der Waals surface area contributed by atoms with Gasteiger partial charge in [0.05, 0.1) is 0 Å². The number of rotatable bonds is 11. The van der Waals surface area contributed by atoms with Gasteiger partial charge in [-0.15, -0.1) is 0 Å². The van der Waals surface area contributed by atoms with E-state index < -0.39 is 62.1 Å². The summed E-state index contributed by atoms with van der Waals surface area (Å²) in [7, 11) is -6.11. The normalized spacial score (nSPS) is 16.5. The van der Waals surface area contributed by atoms with E-state index in [0.29, 0.717) is 0 Å². The molecule has 0 radical (unpaired) electrons. The van der Waals surface area contributed by atoms with Crippen LogP contribution in [0.5, 0.6) is 5.75 Å². The van der Waals surface area contributed by atoms with Crippen molar-refractivity contribution in [2.24, 2.45) is 0 Å². The molecule has 34 heavy (non-hydrogen) atoms. The Morgan fingerprint density at radius 2 is 1.29 bits per heavy atom. The standard InChI is InChI=1S/C16H14F13O4P/c1-11(2,13(21,22)10(17)18)33-34(30,32-9-6-4-3-5-7-9)31-8-12(19,20)14(23,24)15(25,26)16(27,28)29/h3-7,10H,8H2,1-2H3/t34-/m0/s1. The first kappa shape index (κ1) is 30.3. The van der Waals surface area contributed by atoms with Crippen molar-refractivity contribution in [1.29, 1.82) is 0 Å². The van der Waals surface area contributed by atoms with E-state index >= 15 is 0 Å². The molecule has 0 fully saturated rings. The van der Waals surface area contributed by atoms with Gasteiger partial charge in [0.25, 0.3) is 0 Å². The van der Waals surface area contributed by atoms with Crippen molar-refractivity contribution in [3.8, 4) is 5.75 Å². The summed E-state index contributed by atoms with van der Waals surface area (Å²) < 4.78 is 195. The SMILES string of the molecule is CC(C)(O[P@@](=O)(OCC(F)(F)C(F)(F)C(F)(F)C(F)(F)F)Oc1ccccc1)C(F)(F)C(F)F. The summed E-state index contributed by atoms with van der Waals surface area (Å²) in [6, 6.07) is 5.11. The Balaban J connectivity index is 3.36. The van der Waals surface area contributed by atoms with E-state index in [-0.39, 0.29) is 13.8 Å². The number of phosphoric acid groups is 1. The first-order valence-electron chi connectivity index (χ1n) is 8.50. The summed E-state index contributed by atoms with van der Waals surface area (Å²) in [5.41, 5.74) is -3.60. The first-order chi connectivity index (χ1) is 14.9. The molecule has 0 saturated carbocycles. The second kappa shape index (κ2) is 9.37. The maximum absolute atomic E-state index is 13.7. The zero-order chi connectivity index (χ0) is 27.0. The number of alkyl halides is 13. The summed E-state index contributed by atoms with van der Waals surface area (Å²) in [5.74, 6) is -26.9. The van der Waals surface area contributed by atoms with Gasteiger partial charge in [-0.25, -0.2) is 13.3 Å². The molecule has 0 aliphatic rings. The lowest BCUT2D eigenvalue weighted by Gasteiger charge is -2.36. The predicted octanol–water partition coefficient (Wildman–Crippen LogP) is 7.35. The lowest BCUT2D eigenvalue weighted by molar-refractivity contribution is -0.398.